The number of nitrogens with one attached hydrogen (secondary N) is 2. The molecular formula is C20H16ClN3O5S. The standard InChI is InChI=1S/C20H16ClN3O5S/c1-13-7-9-15(24(26)27)12-19(13)22-20(25)14-8-10-18(17(21)11-14)23-30(28,29)16-5-3-2-4-6-16/h2-12,23H,1H3,(H,22,25). The van der Waals surface area contributed by atoms with Crippen LogP contribution in [0.25, 0.3) is 0 Å². The maximum Gasteiger partial charge on any atom is 0.271 e. The number of benzene rings is 3. The molecule has 0 unspecified atom stereocenters. The number of amides is 1. The van der Waals surface area contributed by atoms with E-state index in [9.17, 15) is 23.3 Å². The van der Waals surface area contributed by atoms with Crippen molar-refractivity contribution in [2.45, 2.75) is 11.8 Å². The van der Waals surface area contributed by atoms with Crippen LogP contribution in [0.5, 0.6) is 0 Å². The third-order valence-corrected chi connectivity index (χ3v) is 5.90. The van der Waals surface area contributed by atoms with Gasteiger partial charge in [-0.15, -0.1) is 0 Å². The first-order valence-corrected chi connectivity index (χ1v) is 10.5. The number of nitrogens with zero attached hydrogens (tertiary/aromatic N) is 1. The molecular weight excluding hydrogens is 430 g/mol. The number of carbonyl (C=O) groups excluding carboxylic acids is 1. The van der Waals surface area contributed by atoms with Crippen molar-refractivity contribution in [2.24, 2.45) is 0 Å². The van der Waals surface area contributed by atoms with Crippen LogP contribution < -0.4 is 10.0 Å². The second-order valence-corrected chi connectivity index (χ2v) is 8.41. The average molecular weight is 446 g/mol. The molecule has 0 saturated carbocycles. The molecule has 0 bridgehead atoms. The molecule has 154 valence electrons. The third kappa shape index (κ3) is 4.76. The van der Waals surface area contributed by atoms with Gasteiger partial charge in [0, 0.05) is 17.7 Å². The lowest BCUT2D eigenvalue weighted by molar-refractivity contribution is -0.384. The highest BCUT2D eigenvalue weighted by atomic mass is 35.5. The Balaban J connectivity index is 1.81. The maximum atomic E-state index is 12.5. The lowest BCUT2D eigenvalue weighted by atomic mass is 10.1. The van der Waals surface area contributed by atoms with E-state index < -0.39 is 20.9 Å². The molecule has 0 aliphatic heterocycles. The minimum atomic E-state index is -3.83. The number of halogens is 1. The van der Waals surface area contributed by atoms with Crippen molar-refractivity contribution >= 4 is 44.6 Å². The predicted octanol–water partition coefficient (Wildman–Crippen LogP) is 4.61. The van der Waals surface area contributed by atoms with Crippen molar-refractivity contribution in [3.8, 4) is 0 Å². The Morgan fingerprint density at radius 1 is 1.00 bits per heavy atom. The van der Waals surface area contributed by atoms with E-state index in [0.29, 0.717) is 11.3 Å². The van der Waals surface area contributed by atoms with Gasteiger partial charge in [0.2, 0.25) is 0 Å². The number of nitro benzene ring substituents is 1. The quantitative estimate of drug-likeness (QED) is 0.424. The van der Waals surface area contributed by atoms with Gasteiger partial charge in [-0.1, -0.05) is 35.9 Å². The van der Waals surface area contributed by atoms with Crippen LogP contribution in [0, 0.1) is 17.0 Å². The Morgan fingerprint density at radius 2 is 1.70 bits per heavy atom. The van der Waals surface area contributed by atoms with Crippen LogP contribution in [0.3, 0.4) is 0 Å². The third-order valence-electron chi connectivity index (χ3n) is 4.21. The molecule has 10 heteroatoms. The van der Waals surface area contributed by atoms with Gasteiger partial charge in [0.25, 0.3) is 21.6 Å². The highest BCUT2D eigenvalue weighted by Crippen LogP contribution is 2.27. The molecule has 0 radical (unpaired) electrons. The van der Waals surface area contributed by atoms with Crippen molar-refractivity contribution in [1.29, 1.82) is 0 Å². The number of nitro groups is 1. The van der Waals surface area contributed by atoms with Gasteiger partial charge in [-0.05, 0) is 42.8 Å². The van der Waals surface area contributed by atoms with Crippen molar-refractivity contribution in [1.82, 2.24) is 0 Å². The van der Waals surface area contributed by atoms with Crippen molar-refractivity contribution in [3.05, 3.63) is 93.0 Å². The second-order valence-electron chi connectivity index (χ2n) is 6.32. The Kier molecular flexibility index (Phi) is 6.04. The number of sulfonamides is 1. The smallest absolute Gasteiger partial charge is 0.271 e. The van der Waals surface area contributed by atoms with Gasteiger partial charge in [-0.2, -0.15) is 0 Å². The molecule has 1 amide bonds. The van der Waals surface area contributed by atoms with Crippen molar-refractivity contribution < 1.29 is 18.1 Å². The van der Waals surface area contributed by atoms with E-state index in [1.807, 2.05) is 0 Å². The van der Waals surface area contributed by atoms with Crippen LogP contribution in [0.4, 0.5) is 17.1 Å². The highest BCUT2D eigenvalue weighted by molar-refractivity contribution is 7.92. The summed E-state index contributed by atoms with van der Waals surface area (Å²) >= 11 is 6.17. The number of rotatable bonds is 6. The van der Waals surface area contributed by atoms with E-state index in [2.05, 4.69) is 10.0 Å². The molecule has 0 spiro atoms. The van der Waals surface area contributed by atoms with E-state index in [0.717, 1.165) is 0 Å². The van der Waals surface area contributed by atoms with Gasteiger partial charge in [0.15, 0.2) is 0 Å². The lowest BCUT2D eigenvalue weighted by Gasteiger charge is -2.12. The van der Waals surface area contributed by atoms with Crippen molar-refractivity contribution in [3.63, 3.8) is 0 Å². The van der Waals surface area contributed by atoms with Gasteiger partial charge in [-0.25, -0.2) is 8.42 Å². The Morgan fingerprint density at radius 3 is 2.33 bits per heavy atom. The summed E-state index contributed by atoms with van der Waals surface area (Å²) in [6.45, 7) is 1.70. The normalized spacial score (nSPS) is 11.0. The predicted molar refractivity (Wildman–Crippen MR) is 114 cm³/mol. The minimum Gasteiger partial charge on any atom is -0.321 e. The highest BCUT2D eigenvalue weighted by Gasteiger charge is 2.17. The summed E-state index contributed by atoms with van der Waals surface area (Å²) in [4.78, 5) is 23.0. The van der Waals surface area contributed by atoms with Crippen molar-refractivity contribution in [2.75, 3.05) is 10.0 Å². The number of hydrogen-bond acceptors (Lipinski definition) is 5. The van der Waals surface area contributed by atoms with Gasteiger partial charge in [-0.3, -0.25) is 19.6 Å². The molecule has 0 aromatic heterocycles. The Hall–Kier alpha value is -3.43. The summed E-state index contributed by atoms with van der Waals surface area (Å²) in [5.41, 5.74) is 1.06. The fourth-order valence-corrected chi connectivity index (χ4v) is 3.98. The maximum absolute atomic E-state index is 12.5. The summed E-state index contributed by atoms with van der Waals surface area (Å²) in [5.74, 6) is -0.544. The lowest BCUT2D eigenvalue weighted by Crippen LogP contribution is -2.15. The SMILES string of the molecule is Cc1ccc([N+](=O)[O-])cc1NC(=O)c1ccc(NS(=O)(=O)c2ccccc2)c(Cl)c1. The van der Waals surface area contributed by atoms with E-state index >= 15 is 0 Å². The number of anilines is 2. The molecule has 8 nitrogen and oxygen atoms in total. The summed E-state index contributed by atoms with van der Waals surface area (Å²) in [6, 6.07) is 16.0. The zero-order chi connectivity index (χ0) is 21.9. The second kappa shape index (κ2) is 8.52. The van der Waals surface area contributed by atoms with Crippen LogP contribution >= 0.6 is 11.6 Å². The van der Waals surface area contributed by atoms with Gasteiger partial charge >= 0.3 is 0 Å². The fraction of sp³-hybridized carbons (Fsp3) is 0.0500. The molecule has 3 aromatic rings. The van der Waals surface area contributed by atoms with E-state index in [4.69, 9.17) is 11.6 Å². The zero-order valence-electron chi connectivity index (χ0n) is 15.6. The van der Waals surface area contributed by atoms with Gasteiger partial charge in [0.1, 0.15) is 0 Å². The number of hydrogen-bond donors (Lipinski definition) is 2. The summed E-state index contributed by atoms with van der Waals surface area (Å²) in [6.07, 6.45) is 0. The molecule has 3 aromatic carbocycles. The van der Waals surface area contributed by atoms with Crippen LogP contribution in [-0.2, 0) is 10.0 Å². The first kappa shape index (κ1) is 21.3. The molecule has 0 atom stereocenters. The molecule has 0 fully saturated rings. The van der Waals surface area contributed by atoms with Crippen LogP contribution in [-0.4, -0.2) is 19.2 Å². The van der Waals surface area contributed by atoms with E-state index in [-0.39, 0.29) is 26.9 Å². The largest absolute Gasteiger partial charge is 0.321 e. The van der Waals surface area contributed by atoms with E-state index in [1.54, 1.807) is 25.1 Å². The molecule has 0 aliphatic rings. The Labute approximate surface area is 177 Å². The molecule has 3 rings (SSSR count). The zero-order valence-corrected chi connectivity index (χ0v) is 17.2. The number of carbonyl (C=O) groups is 1. The fourth-order valence-electron chi connectivity index (χ4n) is 2.60. The monoisotopic (exact) mass is 445 g/mol. The first-order chi connectivity index (χ1) is 14.2. The van der Waals surface area contributed by atoms with Gasteiger partial charge < -0.3 is 5.32 Å². The summed E-state index contributed by atoms with van der Waals surface area (Å²) in [7, 11) is -3.83. The molecule has 30 heavy (non-hydrogen) atoms. The number of non-ortho nitro benzene ring substituents is 1. The summed E-state index contributed by atoms with van der Waals surface area (Å²) < 4.78 is 27.2. The molecule has 0 heterocycles. The number of aryl methyl sites for hydroxylation is 1. The minimum absolute atomic E-state index is 0.0259. The summed E-state index contributed by atoms with van der Waals surface area (Å²) in [5, 5.41) is 13.6. The molecule has 2 N–H and O–H groups in total. The Bertz CT molecular complexity index is 1230. The van der Waals surface area contributed by atoms with Crippen LogP contribution in [0.1, 0.15) is 15.9 Å². The first-order valence-electron chi connectivity index (χ1n) is 8.61. The van der Waals surface area contributed by atoms with Crippen LogP contribution in [0.15, 0.2) is 71.6 Å². The molecule has 0 aliphatic carbocycles. The average Bonchev–Trinajstić information content (AvgIpc) is 2.71. The topological polar surface area (TPSA) is 118 Å². The molecule has 0 saturated heterocycles. The van der Waals surface area contributed by atoms with Gasteiger partial charge in [0.05, 0.1) is 26.2 Å². The van der Waals surface area contributed by atoms with E-state index in [1.165, 1.54) is 48.5 Å². The van der Waals surface area contributed by atoms with Crippen LogP contribution in [0.2, 0.25) is 5.02 Å².